The topological polar surface area (TPSA) is 60.3 Å². The van der Waals surface area contributed by atoms with Crippen molar-refractivity contribution in [3.05, 3.63) is 42.0 Å². The van der Waals surface area contributed by atoms with Crippen molar-refractivity contribution >= 4 is 11.6 Å². The number of anilines is 1. The van der Waals surface area contributed by atoms with Gasteiger partial charge in [-0.2, -0.15) is 10.2 Å². The van der Waals surface area contributed by atoms with Gasteiger partial charge < -0.3 is 10.2 Å². The molecule has 0 bridgehead atoms. The van der Waals surface area contributed by atoms with Gasteiger partial charge in [0.25, 0.3) is 0 Å². The minimum atomic E-state index is -0.573. The van der Waals surface area contributed by atoms with Crippen molar-refractivity contribution in [1.82, 2.24) is 9.80 Å². The Morgan fingerprint density at radius 1 is 1.27 bits per heavy atom. The third-order valence-electron chi connectivity index (χ3n) is 4.72. The Labute approximate surface area is 155 Å². The quantitative estimate of drug-likeness (QED) is 0.606. The number of amides is 1. The van der Waals surface area contributed by atoms with Crippen LogP contribution in [0.15, 0.2) is 46.6 Å². The summed E-state index contributed by atoms with van der Waals surface area (Å²) in [7, 11) is 2.16. The second kappa shape index (κ2) is 8.26. The summed E-state index contributed by atoms with van der Waals surface area (Å²) in [5, 5.41) is 10.8. The fraction of sp³-hybridized carbons (Fsp3) is 0.450. The van der Waals surface area contributed by atoms with E-state index in [0.717, 1.165) is 38.4 Å². The third-order valence-corrected chi connectivity index (χ3v) is 4.72. The molecule has 1 amide bonds. The highest BCUT2D eigenvalue weighted by atomic mass is 16.1. The highest BCUT2D eigenvalue weighted by Gasteiger charge is 2.36. The number of benzene rings is 1. The number of piperazine rings is 1. The maximum atomic E-state index is 12.1. The highest BCUT2D eigenvalue weighted by Crippen LogP contribution is 2.34. The number of terminal acetylenes is 1. The van der Waals surface area contributed by atoms with Gasteiger partial charge in [0.1, 0.15) is 0 Å². The van der Waals surface area contributed by atoms with Crippen molar-refractivity contribution in [2.45, 2.75) is 25.0 Å². The lowest BCUT2D eigenvalue weighted by molar-refractivity contribution is -0.111. The van der Waals surface area contributed by atoms with Crippen molar-refractivity contribution in [3.63, 3.8) is 0 Å². The summed E-state index contributed by atoms with van der Waals surface area (Å²) in [6.45, 7) is 5.36. The van der Waals surface area contributed by atoms with Crippen molar-refractivity contribution in [2.75, 3.05) is 38.5 Å². The SMILES string of the molecule is C#CCCC1(C=CC(=O)Nc2ccc(CN3CCN(C)CC3)cc2)N=N1. The standard InChI is InChI=1S/C20H25N5O/c1-3-4-10-20(22-23-20)11-9-19(26)21-18-7-5-17(6-8-18)16-25-14-12-24(2)13-15-25/h1,5-9,11H,4,10,12-16H2,2H3,(H,21,26). The van der Waals surface area contributed by atoms with E-state index in [1.807, 2.05) is 12.1 Å². The van der Waals surface area contributed by atoms with Crippen molar-refractivity contribution in [3.8, 4) is 12.3 Å². The van der Waals surface area contributed by atoms with E-state index in [0.29, 0.717) is 12.8 Å². The van der Waals surface area contributed by atoms with E-state index in [9.17, 15) is 4.79 Å². The molecule has 6 nitrogen and oxygen atoms in total. The zero-order valence-electron chi connectivity index (χ0n) is 15.2. The van der Waals surface area contributed by atoms with Gasteiger partial charge in [-0.3, -0.25) is 9.69 Å². The largest absolute Gasteiger partial charge is 0.323 e. The molecule has 2 aliphatic heterocycles. The van der Waals surface area contributed by atoms with Crippen LogP contribution >= 0.6 is 0 Å². The molecule has 1 N–H and O–H groups in total. The lowest BCUT2D eigenvalue weighted by Crippen LogP contribution is -2.43. The van der Waals surface area contributed by atoms with Crippen LogP contribution in [-0.2, 0) is 11.3 Å². The second-order valence-corrected chi connectivity index (χ2v) is 6.88. The Hall–Kier alpha value is -2.49. The predicted molar refractivity (Wildman–Crippen MR) is 103 cm³/mol. The van der Waals surface area contributed by atoms with Crippen LogP contribution in [0.3, 0.4) is 0 Å². The first-order valence-electron chi connectivity index (χ1n) is 8.96. The number of carbonyl (C=O) groups is 1. The van der Waals surface area contributed by atoms with E-state index in [2.05, 4.69) is 50.4 Å². The molecule has 0 radical (unpaired) electrons. The molecule has 26 heavy (non-hydrogen) atoms. The maximum Gasteiger partial charge on any atom is 0.248 e. The van der Waals surface area contributed by atoms with Crippen LogP contribution in [0.25, 0.3) is 0 Å². The molecule has 0 spiro atoms. The molecule has 0 saturated carbocycles. The number of rotatable bonds is 7. The number of hydrogen-bond acceptors (Lipinski definition) is 5. The van der Waals surface area contributed by atoms with Gasteiger partial charge in [0, 0.05) is 57.3 Å². The predicted octanol–water partition coefficient (Wildman–Crippen LogP) is 2.50. The van der Waals surface area contributed by atoms with Crippen molar-refractivity contribution in [1.29, 1.82) is 0 Å². The molecule has 2 heterocycles. The molecule has 2 aliphatic rings. The lowest BCUT2D eigenvalue weighted by atomic mass is 10.1. The Bertz CT molecular complexity index is 718. The third kappa shape index (κ3) is 5.25. The van der Waals surface area contributed by atoms with Gasteiger partial charge in [0.05, 0.1) is 0 Å². The summed E-state index contributed by atoms with van der Waals surface area (Å²) in [5.41, 5.74) is 1.46. The fourth-order valence-electron chi connectivity index (χ4n) is 2.92. The molecule has 1 aromatic rings. The molecule has 0 atom stereocenters. The molecular formula is C20H25N5O. The molecule has 0 aromatic heterocycles. The van der Waals surface area contributed by atoms with Crippen LogP contribution in [0.5, 0.6) is 0 Å². The van der Waals surface area contributed by atoms with Crippen LogP contribution in [0.1, 0.15) is 18.4 Å². The number of hydrogen-bond donors (Lipinski definition) is 1. The first-order valence-corrected chi connectivity index (χ1v) is 8.96. The molecular weight excluding hydrogens is 326 g/mol. The first kappa shape index (κ1) is 18.3. The van der Waals surface area contributed by atoms with E-state index in [1.165, 1.54) is 11.6 Å². The highest BCUT2D eigenvalue weighted by molar-refractivity contribution is 5.99. The monoisotopic (exact) mass is 351 g/mol. The van der Waals surface area contributed by atoms with Crippen LogP contribution < -0.4 is 5.32 Å². The van der Waals surface area contributed by atoms with E-state index >= 15 is 0 Å². The zero-order valence-corrected chi connectivity index (χ0v) is 15.2. The van der Waals surface area contributed by atoms with Gasteiger partial charge in [0.2, 0.25) is 11.6 Å². The minimum absolute atomic E-state index is 0.186. The van der Waals surface area contributed by atoms with Gasteiger partial charge in [-0.1, -0.05) is 12.1 Å². The summed E-state index contributed by atoms with van der Waals surface area (Å²) in [4.78, 5) is 16.9. The fourth-order valence-corrected chi connectivity index (χ4v) is 2.92. The summed E-state index contributed by atoms with van der Waals surface area (Å²) in [6, 6.07) is 8.02. The van der Waals surface area contributed by atoms with Crippen LogP contribution in [0.4, 0.5) is 5.69 Å². The van der Waals surface area contributed by atoms with E-state index in [4.69, 9.17) is 6.42 Å². The molecule has 1 saturated heterocycles. The molecule has 0 aliphatic carbocycles. The van der Waals surface area contributed by atoms with E-state index < -0.39 is 5.66 Å². The zero-order chi connectivity index (χ0) is 18.4. The summed E-state index contributed by atoms with van der Waals surface area (Å²) >= 11 is 0. The summed E-state index contributed by atoms with van der Waals surface area (Å²) in [6.07, 6.45) is 9.69. The summed E-state index contributed by atoms with van der Waals surface area (Å²) < 4.78 is 0. The van der Waals surface area contributed by atoms with E-state index in [-0.39, 0.29) is 5.91 Å². The number of carbonyl (C=O) groups excluding carboxylic acids is 1. The number of likely N-dealkylation sites (N-methyl/N-ethyl adjacent to an activating group) is 1. The minimum Gasteiger partial charge on any atom is -0.323 e. The van der Waals surface area contributed by atoms with Gasteiger partial charge in [-0.25, -0.2) is 0 Å². The molecule has 0 unspecified atom stereocenters. The van der Waals surface area contributed by atoms with Gasteiger partial charge in [0.15, 0.2) is 0 Å². The van der Waals surface area contributed by atoms with Gasteiger partial charge in [-0.05, 0) is 30.8 Å². The molecule has 6 heteroatoms. The van der Waals surface area contributed by atoms with Crippen molar-refractivity contribution in [2.24, 2.45) is 10.2 Å². The molecule has 136 valence electrons. The molecule has 1 aromatic carbocycles. The molecule has 3 rings (SSSR count). The lowest BCUT2D eigenvalue weighted by Gasteiger charge is -2.32. The average molecular weight is 351 g/mol. The Balaban J connectivity index is 1.46. The summed E-state index contributed by atoms with van der Waals surface area (Å²) in [5.74, 6) is 2.38. The Morgan fingerprint density at radius 3 is 2.58 bits per heavy atom. The number of nitrogens with one attached hydrogen (secondary N) is 1. The maximum absolute atomic E-state index is 12.1. The second-order valence-electron chi connectivity index (χ2n) is 6.88. The van der Waals surface area contributed by atoms with Gasteiger partial charge in [-0.15, -0.1) is 12.3 Å². The number of nitrogens with zero attached hydrogens (tertiary/aromatic N) is 4. The van der Waals surface area contributed by atoms with Crippen LogP contribution in [0.2, 0.25) is 0 Å². The van der Waals surface area contributed by atoms with E-state index in [1.54, 1.807) is 6.08 Å². The normalized spacial score (nSPS) is 19.4. The van der Waals surface area contributed by atoms with Gasteiger partial charge >= 0.3 is 0 Å². The Kier molecular flexibility index (Phi) is 5.82. The Morgan fingerprint density at radius 2 is 1.96 bits per heavy atom. The van der Waals surface area contributed by atoms with Crippen LogP contribution in [-0.4, -0.2) is 54.6 Å². The molecule has 1 fully saturated rings. The van der Waals surface area contributed by atoms with Crippen molar-refractivity contribution < 1.29 is 4.79 Å². The first-order chi connectivity index (χ1) is 12.6. The average Bonchev–Trinajstić information content (AvgIpc) is 3.42. The smallest absolute Gasteiger partial charge is 0.248 e. The van der Waals surface area contributed by atoms with Crippen LogP contribution in [0, 0.1) is 12.3 Å².